The Kier molecular flexibility index (Phi) is 3.08. The van der Waals surface area contributed by atoms with Crippen LogP contribution in [0.4, 0.5) is 4.39 Å². The van der Waals surface area contributed by atoms with Crippen LogP contribution in [0.2, 0.25) is 0 Å². The number of ether oxygens (including phenoxy) is 2. The van der Waals surface area contributed by atoms with Crippen molar-refractivity contribution in [1.29, 1.82) is 0 Å². The van der Waals surface area contributed by atoms with Gasteiger partial charge in [0.1, 0.15) is 17.3 Å². The van der Waals surface area contributed by atoms with Crippen LogP contribution in [0, 0.1) is 5.82 Å². The van der Waals surface area contributed by atoms with Crippen LogP contribution in [0.3, 0.4) is 0 Å². The number of aliphatic imine (C=N–C) groups is 1. The predicted molar refractivity (Wildman–Crippen MR) is 81.6 cm³/mol. The van der Waals surface area contributed by atoms with Crippen molar-refractivity contribution in [3.05, 3.63) is 65.1 Å². The minimum Gasteiger partial charge on any atom is -0.454 e. The first-order valence-corrected chi connectivity index (χ1v) is 6.96. The summed E-state index contributed by atoms with van der Waals surface area (Å²) in [6.45, 7) is 0.192. The minimum absolute atomic E-state index is 0.192. The fraction of sp³-hybridized carbons (Fsp3) is 0.0588. The van der Waals surface area contributed by atoms with Crippen LogP contribution in [0.25, 0.3) is 6.08 Å². The van der Waals surface area contributed by atoms with Crippen LogP contribution in [-0.2, 0) is 4.79 Å². The SMILES string of the molecule is O=C1NC(c2cccc(F)c2)=N/C1=C/c1ccc2c(c1)OCO2. The number of amidine groups is 1. The van der Waals surface area contributed by atoms with Crippen LogP contribution in [0.1, 0.15) is 11.1 Å². The van der Waals surface area contributed by atoms with Crippen molar-refractivity contribution < 1.29 is 18.7 Å². The fourth-order valence-corrected chi connectivity index (χ4v) is 2.40. The normalized spacial score (nSPS) is 17.3. The highest BCUT2D eigenvalue weighted by Crippen LogP contribution is 2.33. The lowest BCUT2D eigenvalue weighted by Gasteiger charge is -1.99. The first-order chi connectivity index (χ1) is 11.2. The molecule has 23 heavy (non-hydrogen) atoms. The smallest absolute Gasteiger partial charge is 0.275 e. The molecule has 0 aliphatic carbocycles. The highest BCUT2D eigenvalue weighted by molar-refractivity contribution is 6.19. The maximum atomic E-state index is 13.3. The highest BCUT2D eigenvalue weighted by atomic mass is 19.1. The molecule has 0 spiro atoms. The molecule has 1 N–H and O–H groups in total. The van der Waals surface area contributed by atoms with Gasteiger partial charge in [0.2, 0.25) is 6.79 Å². The molecular formula is C17H11FN2O3. The zero-order chi connectivity index (χ0) is 15.8. The van der Waals surface area contributed by atoms with Gasteiger partial charge in [-0.3, -0.25) is 4.79 Å². The van der Waals surface area contributed by atoms with Crippen molar-refractivity contribution in [2.75, 3.05) is 6.79 Å². The van der Waals surface area contributed by atoms with Crippen molar-refractivity contribution >= 4 is 17.8 Å². The molecule has 6 heteroatoms. The maximum absolute atomic E-state index is 13.3. The fourth-order valence-electron chi connectivity index (χ4n) is 2.40. The molecule has 2 aliphatic rings. The number of carbonyl (C=O) groups excluding carboxylic acids is 1. The van der Waals surface area contributed by atoms with E-state index in [-0.39, 0.29) is 24.2 Å². The summed E-state index contributed by atoms with van der Waals surface area (Å²) in [7, 11) is 0. The average molecular weight is 310 g/mol. The number of hydrogen-bond acceptors (Lipinski definition) is 4. The number of fused-ring (bicyclic) bond motifs is 1. The maximum Gasteiger partial charge on any atom is 0.275 e. The number of amides is 1. The van der Waals surface area contributed by atoms with Crippen molar-refractivity contribution in [2.45, 2.75) is 0 Å². The third kappa shape index (κ3) is 2.55. The third-order valence-corrected chi connectivity index (χ3v) is 3.49. The Hall–Kier alpha value is -3.15. The molecule has 2 heterocycles. The first kappa shape index (κ1) is 13.5. The average Bonchev–Trinajstić information content (AvgIpc) is 3.14. The van der Waals surface area contributed by atoms with E-state index < -0.39 is 0 Å². The molecule has 2 aliphatic heterocycles. The lowest BCUT2D eigenvalue weighted by Crippen LogP contribution is -2.24. The summed E-state index contributed by atoms with van der Waals surface area (Å²) >= 11 is 0. The van der Waals surface area contributed by atoms with E-state index in [1.54, 1.807) is 30.3 Å². The van der Waals surface area contributed by atoms with Crippen LogP contribution in [0.5, 0.6) is 11.5 Å². The molecule has 0 saturated carbocycles. The Morgan fingerprint density at radius 2 is 2.00 bits per heavy atom. The predicted octanol–water partition coefficient (Wildman–Crippen LogP) is 2.47. The van der Waals surface area contributed by atoms with Crippen molar-refractivity contribution in [3.63, 3.8) is 0 Å². The van der Waals surface area contributed by atoms with E-state index >= 15 is 0 Å². The monoisotopic (exact) mass is 310 g/mol. The molecule has 5 nitrogen and oxygen atoms in total. The van der Waals surface area contributed by atoms with Gasteiger partial charge in [-0.1, -0.05) is 18.2 Å². The quantitative estimate of drug-likeness (QED) is 0.867. The second-order valence-corrected chi connectivity index (χ2v) is 5.07. The Labute approximate surface area is 131 Å². The van der Waals surface area contributed by atoms with Crippen LogP contribution in [0.15, 0.2) is 53.2 Å². The number of rotatable bonds is 2. The van der Waals surface area contributed by atoms with Gasteiger partial charge < -0.3 is 14.8 Å². The molecule has 2 aromatic carbocycles. The summed E-state index contributed by atoms with van der Waals surface area (Å²) in [5.41, 5.74) is 1.54. The van der Waals surface area contributed by atoms with Gasteiger partial charge in [-0.25, -0.2) is 9.38 Å². The molecule has 2 aromatic rings. The van der Waals surface area contributed by atoms with Gasteiger partial charge in [0.15, 0.2) is 11.5 Å². The Morgan fingerprint density at radius 1 is 1.13 bits per heavy atom. The molecule has 1 amide bonds. The zero-order valence-corrected chi connectivity index (χ0v) is 11.9. The Morgan fingerprint density at radius 3 is 2.87 bits per heavy atom. The second kappa shape index (κ2) is 5.24. The van der Waals surface area contributed by atoms with Gasteiger partial charge in [-0.05, 0) is 35.9 Å². The topological polar surface area (TPSA) is 59.9 Å². The van der Waals surface area contributed by atoms with Gasteiger partial charge >= 0.3 is 0 Å². The molecule has 0 aromatic heterocycles. The summed E-state index contributed by atoms with van der Waals surface area (Å²) in [6.07, 6.45) is 1.64. The molecule has 0 saturated heterocycles. The summed E-state index contributed by atoms with van der Waals surface area (Å²) in [6, 6.07) is 11.3. The van der Waals surface area contributed by atoms with Crippen molar-refractivity contribution in [1.82, 2.24) is 5.32 Å². The summed E-state index contributed by atoms with van der Waals surface area (Å²) in [5, 5.41) is 2.64. The van der Waals surface area contributed by atoms with Gasteiger partial charge in [-0.2, -0.15) is 0 Å². The number of carbonyl (C=O) groups is 1. The van der Waals surface area contributed by atoms with Gasteiger partial charge in [0.25, 0.3) is 5.91 Å². The van der Waals surface area contributed by atoms with Crippen LogP contribution < -0.4 is 14.8 Å². The van der Waals surface area contributed by atoms with E-state index in [9.17, 15) is 9.18 Å². The lowest BCUT2D eigenvalue weighted by atomic mass is 10.1. The van der Waals surface area contributed by atoms with E-state index in [1.807, 2.05) is 6.07 Å². The molecule has 0 radical (unpaired) electrons. The highest BCUT2D eigenvalue weighted by Gasteiger charge is 2.22. The number of halogens is 1. The number of nitrogens with one attached hydrogen (secondary N) is 1. The standard InChI is InChI=1S/C17H11FN2O3/c18-12-3-1-2-11(8-12)16-19-13(17(21)20-16)6-10-4-5-14-15(7-10)23-9-22-14/h1-8H,9H2,(H,19,20,21)/b13-6+. The molecule has 0 unspecified atom stereocenters. The van der Waals surface area contributed by atoms with Crippen LogP contribution in [-0.4, -0.2) is 18.5 Å². The number of hydrogen-bond donors (Lipinski definition) is 1. The second-order valence-electron chi connectivity index (χ2n) is 5.07. The summed E-state index contributed by atoms with van der Waals surface area (Å²) < 4.78 is 23.8. The molecule has 4 rings (SSSR count). The third-order valence-electron chi connectivity index (χ3n) is 3.49. The number of benzene rings is 2. The molecule has 0 fully saturated rings. The molecule has 0 bridgehead atoms. The van der Waals surface area contributed by atoms with Gasteiger partial charge in [0, 0.05) is 5.56 Å². The van der Waals surface area contributed by atoms with Crippen molar-refractivity contribution in [3.8, 4) is 11.5 Å². The van der Waals surface area contributed by atoms with Crippen LogP contribution >= 0.6 is 0 Å². The summed E-state index contributed by atoms with van der Waals surface area (Å²) in [4.78, 5) is 16.3. The first-order valence-electron chi connectivity index (χ1n) is 6.96. The van der Waals surface area contributed by atoms with E-state index in [0.717, 1.165) is 5.56 Å². The Bertz CT molecular complexity index is 874. The largest absolute Gasteiger partial charge is 0.454 e. The van der Waals surface area contributed by atoms with E-state index in [1.165, 1.54) is 12.1 Å². The van der Waals surface area contributed by atoms with E-state index in [4.69, 9.17) is 9.47 Å². The van der Waals surface area contributed by atoms with Gasteiger partial charge in [0.05, 0.1) is 0 Å². The van der Waals surface area contributed by atoms with Gasteiger partial charge in [-0.15, -0.1) is 0 Å². The van der Waals surface area contributed by atoms with Crippen molar-refractivity contribution in [2.24, 2.45) is 4.99 Å². The van der Waals surface area contributed by atoms with E-state index in [2.05, 4.69) is 10.3 Å². The Balaban J connectivity index is 1.67. The lowest BCUT2D eigenvalue weighted by molar-refractivity contribution is -0.115. The summed E-state index contributed by atoms with van der Waals surface area (Å²) in [5.74, 6) is 0.926. The molecule has 114 valence electrons. The molecule has 0 atom stereocenters. The van der Waals surface area contributed by atoms with E-state index in [0.29, 0.717) is 22.9 Å². The number of nitrogens with zero attached hydrogens (tertiary/aromatic N) is 1. The zero-order valence-electron chi connectivity index (χ0n) is 11.9. The minimum atomic E-state index is -0.382. The molecular weight excluding hydrogens is 299 g/mol.